The fourth-order valence-electron chi connectivity index (χ4n) is 1.56. The minimum atomic E-state index is -2.88. The van der Waals surface area contributed by atoms with E-state index in [2.05, 4.69) is 6.58 Å². The quantitative estimate of drug-likeness (QED) is 0.678. The van der Waals surface area contributed by atoms with Crippen molar-refractivity contribution in [1.82, 2.24) is 0 Å². The van der Waals surface area contributed by atoms with Crippen LogP contribution in [0.2, 0.25) is 0 Å². The summed E-state index contributed by atoms with van der Waals surface area (Å²) in [7, 11) is 0. The van der Waals surface area contributed by atoms with E-state index < -0.39 is 17.8 Å². The highest BCUT2D eigenvalue weighted by molar-refractivity contribution is 5.40. The first-order valence-electron chi connectivity index (χ1n) is 5.44. The molecule has 0 atom stereocenters. The smallest absolute Gasteiger partial charge is 0.270 e. The van der Waals surface area contributed by atoms with E-state index in [1.165, 1.54) is 18.2 Å². The van der Waals surface area contributed by atoms with Crippen molar-refractivity contribution < 1.29 is 17.9 Å². The van der Waals surface area contributed by atoms with Gasteiger partial charge in [-0.3, -0.25) is 0 Å². The molecule has 0 amide bonds. The van der Waals surface area contributed by atoms with Gasteiger partial charge in [-0.15, -0.1) is 0 Å². The Morgan fingerprint density at radius 2 is 2.12 bits per heavy atom. The largest absolute Gasteiger partial charge is 0.489 e. The van der Waals surface area contributed by atoms with Crippen molar-refractivity contribution in [2.45, 2.75) is 26.2 Å². The zero-order valence-corrected chi connectivity index (χ0v) is 9.68. The highest BCUT2D eigenvalue weighted by Gasteiger charge is 2.22. The van der Waals surface area contributed by atoms with Gasteiger partial charge in [0.25, 0.3) is 6.43 Å². The third-order valence-electron chi connectivity index (χ3n) is 2.31. The van der Waals surface area contributed by atoms with Crippen LogP contribution in [-0.2, 0) is 6.42 Å². The molecule has 1 aromatic rings. The number of aryl methyl sites for hydroxylation is 1. The van der Waals surface area contributed by atoms with Crippen LogP contribution in [0, 0.1) is 5.82 Å². The molecular weight excluding hydrogens is 229 g/mol. The second-order valence-electron chi connectivity index (χ2n) is 3.60. The number of hydrogen-bond donors (Lipinski definition) is 0. The molecular formula is C13H15F3O. The summed E-state index contributed by atoms with van der Waals surface area (Å²) in [5.74, 6) is -0.972. The lowest BCUT2D eigenvalue weighted by molar-refractivity contribution is 0.140. The summed E-state index contributed by atoms with van der Waals surface area (Å²) in [5.41, 5.74) is -0.355. The van der Waals surface area contributed by atoms with Gasteiger partial charge in [0, 0.05) is 0 Å². The Morgan fingerprint density at radius 1 is 1.41 bits per heavy atom. The van der Waals surface area contributed by atoms with Gasteiger partial charge >= 0.3 is 0 Å². The fourth-order valence-corrected chi connectivity index (χ4v) is 1.56. The van der Waals surface area contributed by atoms with Crippen LogP contribution in [0.5, 0.6) is 5.75 Å². The first-order valence-corrected chi connectivity index (χ1v) is 5.44. The van der Waals surface area contributed by atoms with Crippen molar-refractivity contribution >= 4 is 0 Å². The first-order chi connectivity index (χ1) is 8.11. The monoisotopic (exact) mass is 244 g/mol. The first kappa shape index (κ1) is 13.6. The normalized spacial score (nSPS) is 10.6. The molecule has 1 nitrogen and oxygen atoms in total. The van der Waals surface area contributed by atoms with Gasteiger partial charge in [0.1, 0.15) is 18.2 Å². The van der Waals surface area contributed by atoms with Crippen molar-refractivity contribution in [2.24, 2.45) is 0 Å². The summed E-state index contributed by atoms with van der Waals surface area (Å²) in [6, 6.07) is 2.88. The third-order valence-corrected chi connectivity index (χ3v) is 2.31. The SMILES string of the molecule is C=CCOc1ccc(CCC)c(F)c1C(F)F. The van der Waals surface area contributed by atoms with Crippen LogP contribution in [0.25, 0.3) is 0 Å². The molecule has 0 spiro atoms. The van der Waals surface area contributed by atoms with Gasteiger partial charge < -0.3 is 4.74 Å². The summed E-state index contributed by atoms with van der Waals surface area (Å²) >= 11 is 0. The van der Waals surface area contributed by atoms with Crippen LogP contribution >= 0.6 is 0 Å². The fraction of sp³-hybridized carbons (Fsp3) is 0.385. The average Bonchev–Trinajstić information content (AvgIpc) is 2.29. The summed E-state index contributed by atoms with van der Waals surface area (Å²) in [5, 5.41) is 0. The van der Waals surface area contributed by atoms with E-state index in [0.29, 0.717) is 18.4 Å². The number of hydrogen-bond acceptors (Lipinski definition) is 1. The number of alkyl halides is 2. The molecule has 4 heteroatoms. The molecule has 1 rings (SSSR count). The van der Waals surface area contributed by atoms with Crippen LogP contribution in [0.3, 0.4) is 0 Å². The molecule has 0 N–H and O–H groups in total. The lowest BCUT2D eigenvalue weighted by Gasteiger charge is -2.13. The molecule has 0 fully saturated rings. The van der Waals surface area contributed by atoms with Crippen molar-refractivity contribution in [3.63, 3.8) is 0 Å². The molecule has 0 unspecified atom stereocenters. The highest BCUT2D eigenvalue weighted by atomic mass is 19.3. The summed E-state index contributed by atoms with van der Waals surface area (Å²) in [6.45, 7) is 5.35. The Morgan fingerprint density at radius 3 is 2.65 bits per heavy atom. The molecule has 0 bridgehead atoms. The number of rotatable bonds is 6. The maximum atomic E-state index is 13.8. The molecule has 0 saturated heterocycles. The Labute approximate surface area is 98.9 Å². The van der Waals surface area contributed by atoms with Crippen molar-refractivity contribution in [3.8, 4) is 5.75 Å². The van der Waals surface area contributed by atoms with Crippen molar-refractivity contribution in [1.29, 1.82) is 0 Å². The lowest BCUT2D eigenvalue weighted by atomic mass is 10.0. The van der Waals surface area contributed by atoms with E-state index in [1.807, 2.05) is 6.92 Å². The van der Waals surface area contributed by atoms with Crippen LogP contribution in [-0.4, -0.2) is 6.61 Å². The van der Waals surface area contributed by atoms with Crippen molar-refractivity contribution in [3.05, 3.63) is 41.7 Å². The third kappa shape index (κ3) is 3.25. The van der Waals surface area contributed by atoms with E-state index in [9.17, 15) is 13.2 Å². The molecule has 17 heavy (non-hydrogen) atoms. The predicted octanol–water partition coefficient (Wildman–Crippen LogP) is 4.28. The van der Waals surface area contributed by atoms with Gasteiger partial charge in [0.05, 0.1) is 5.56 Å². The maximum absolute atomic E-state index is 13.8. The molecule has 94 valence electrons. The minimum absolute atomic E-state index is 0.0757. The van der Waals surface area contributed by atoms with Gasteiger partial charge in [0.2, 0.25) is 0 Å². The van der Waals surface area contributed by atoms with Gasteiger partial charge in [-0.05, 0) is 18.1 Å². The van der Waals surface area contributed by atoms with E-state index in [4.69, 9.17) is 4.74 Å². The summed E-state index contributed by atoms with van der Waals surface area (Å²) < 4.78 is 44.4. The predicted molar refractivity (Wildman–Crippen MR) is 61.0 cm³/mol. The topological polar surface area (TPSA) is 9.23 Å². The average molecular weight is 244 g/mol. The van der Waals surface area contributed by atoms with E-state index in [-0.39, 0.29) is 12.4 Å². The number of halogens is 3. The number of benzene rings is 1. The second kappa shape index (κ2) is 6.33. The second-order valence-corrected chi connectivity index (χ2v) is 3.60. The Balaban J connectivity index is 3.14. The van der Waals surface area contributed by atoms with Crippen molar-refractivity contribution in [2.75, 3.05) is 6.61 Å². The molecule has 0 aliphatic carbocycles. The lowest BCUT2D eigenvalue weighted by Crippen LogP contribution is -2.03. The minimum Gasteiger partial charge on any atom is -0.489 e. The van der Waals surface area contributed by atoms with Crippen LogP contribution in [0.4, 0.5) is 13.2 Å². The van der Waals surface area contributed by atoms with Gasteiger partial charge in [-0.1, -0.05) is 32.1 Å². The standard InChI is InChI=1S/C13H15F3O/c1-3-5-9-6-7-10(17-8-4-2)11(12(9)14)13(15)16/h4,6-7,13H,2-3,5,8H2,1H3. The Kier molecular flexibility index (Phi) is 5.07. The summed E-state index contributed by atoms with van der Waals surface area (Å²) in [6.07, 6.45) is -0.320. The number of ether oxygens (including phenoxy) is 1. The van der Waals surface area contributed by atoms with Gasteiger partial charge in [-0.2, -0.15) is 0 Å². The zero-order chi connectivity index (χ0) is 12.8. The molecule has 0 heterocycles. The zero-order valence-electron chi connectivity index (χ0n) is 9.68. The Bertz CT molecular complexity index is 388. The molecule has 1 aromatic carbocycles. The van der Waals surface area contributed by atoms with E-state index in [0.717, 1.165) is 0 Å². The molecule has 0 aliphatic heterocycles. The molecule has 0 radical (unpaired) electrons. The van der Waals surface area contributed by atoms with Gasteiger partial charge in [-0.25, -0.2) is 13.2 Å². The molecule has 0 aromatic heterocycles. The maximum Gasteiger partial charge on any atom is 0.270 e. The molecule has 0 saturated carbocycles. The van der Waals surface area contributed by atoms with Crippen LogP contribution in [0.1, 0.15) is 30.9 Å². The molecule has 0 aliphatic rings. The van der Waals surface area contributed by atoms with Gasteiger partial charge in [0.15, 0.2) is 0 Å². The Hall–Kier alpha value is -1.45. The van der Waals surface area contributed by atoms with Crippen LogP contribution < -0.4 is 4.74 Å². The summed E-state index contributed by atoms with van der Waals surface area (Å²) in [4.78, 5) is 0. The van der Waals surface area contributed by atoms with Crippen LogP contribution in [0.15, 0.2) is 24.8 Å². The highest BCUT2D eigenvalue weighted by Crippen LogP contribution is 2.33. The van der Waals surface area contributed by atoms with E-state index in [1.54, 1.807) is 0 Å². The van der Waals surface area contributed by atoms with E-state index >= 15 is 0 Å².